The van der Waals surface area contributed by atoms with Crippen molar-refractivity contribution in [3.63, 3.8) is 0 Å². The molecule has 0 amide bonds. The summed E-state index contributed by atoms with van der Waals surface area (Å²) in [5.41, 5.74) is 9.92. The van der Waals surface area contributed by atoms with Gasteiger partial charge in [-0.1, -0.05) is 146 Å². The molecular weight excluding hydrogens is 553 g/mol. The molecule has 0 N–H and O–H groups in total. The highest BCUT2D eigenvalue weighted by atomic mass is 14.1. The minimum absolute atomic E-state index is 1.23. The van der Waals surface area contributed by atoms with Crippen molar-refractivity contribution >= 4 is 43.1 Å². The molecule has 0 atom stereocenters. The average molecular weight is 583 g/mol. The van der Waals surface area contributed by atoms with Gasteiger partial charge in [-0.05, 0) is 124 Å². The van der Waals surface area contributed by atoms with Gasteiger partial charge in [-0.15, -0.1) is 0 Å². The smallest absolute Gasteiger partial charge is 0.0105 e. The molecule has 0 aliphatic heterocycles. The van der Waals surface area contributed by atoms with Crippen molar-refractivity contribution in [2.75, 3.05) is 0 Å². The van der Waals surface area contributed by atoms with Crippen LogP contribution in [-0.2, 0) is 0 Å². The Hall–Kier alpha value is -5.98. The largest absolute Gasteiger partial charge is 0.0622 e. The van der Waals surface area contributed by atoms with Crippen LogP contribution in [0.5, 0.6) is 0 Å². The molecule has 46 heavy (non-hydrogen) atoms. The Balaban J connectivity index is 1.04. The van der Waals surface area contributed by atoms with Gasteiger partial charge in [0, 0.05) is 0 Å². The minimum atomic E-state index is 1.23. The van der Waals surface area contributed by atoms with Crippen molar-refractivity contribution in [2.45, 2.75) is 0 Å². The van der Waals surface area contributed by atoms with Crippen LogP contribution in [0.15, 0.2) is 182 Å². The highest BCUT2D eigenvalue weighted by Gasteiger charge is 2.09. The molecule has 0 bridgehead atoms. The van der Waals surface area contributed by atoms with Gasteiger partial charge in [0.1, 0.15) is 0 Å². The Morgan fingerprint density at radius 1 is 0.174 bits per heavy atom. The minimum Gasteiger partial charge on any atom is -0.0622 e. The SMILES string of the molecule is c1ccc(-c2ccc3cc(-c4ccc5c(ccc6cc(-c7cccc(-c8ccc9ccccc9c8)c7)ccc65)c4)ccc3c2)cc1. The second-order valence-electron chi connectivity index (χ2n) is 12.2. The van der Waals surface area contributed by atoms with Gasteiger partial charge in [0.2, 0.25) is 0 Å². The normalized spacial score (nSPS) is 11.5. The summed E-state index contributed by atoms with van der Waals surface area (Å²) in [6, 6.07) is 66.6. The zero-order chi connectivity index (χ0) is 30.5. The highest BCUT2D eigenvalue weighted by Crippen LogP contribution is 2.35. The van der Waals surface area contributed by atoms with E-state index in [-0.39, 0.29) is 0 Å². The van der Waals surface area contributed by atoms with E-state index in [1.165, 1.54) is 87.6 Å². The van der Waals surface area contributed by atoms with Gasteiger partial charge in [0.25, 0.3) is 0 Å². The third kappa shape index (κ3) is 4.72. The lowest BCUT2D eigenvalue weighted by molar-refractivity contribution is 1.61. The van der Waals surface area contributed by atoms with E-state index in [9.17, 15) is 0 Å². The van der Waals surface area contributed by atoms with Gasteiger partial charge in [-0.3, -0.25) is 0 Å². The first-order valence-corrected chi connectivity index (χ1v) is 15.9. The fourth-order valence-electron chi connectivity index (χ4n) is 6.91. The van der Waals surface area contributed by atoms with Crippen molar-refractivity contribution in [1.82, 2.24) is 0 Å². The zero-order valence-corrected chi connectivity index (χ0v) is 25.3. The van der Waals surface area contributed by atoms with Crippen molar-refractivity contribution in [3.05, 3.63) is 182 Å². The summed E-state index contributed by atoms with van der Waals surface area (Å²) in [5, 5.41) is 10.1. The highest BCUT2D eigenvalue weighted by molar-refractivity contribution is 6.09. The Morgan fingerprint density at radius 3 is 1.09 bits per heavy atom. The molecule has 9 rings (SSSR count). The van der Waals surface area contributed by atoms with Gasteiger partial charge in [-0.25, -0.2) is 0 Å². The van der Waals surface area contributed by atoms with Gasteiger partial charge >= 0.3 is 0 Å². The molecule has 0 saturated heterocycles. The number of hydrogen-bond donors (Lipinski definition) is 0. The molecule has 0 nitrogen and oxygen atoms in total. The lowest BCUT2D eigenvalue weighted by Crippen LogP contribution is -1.85. The molecule has 0 aromatic heterocycles. The number of rotatable bonds is 4. The first-order chi connectivity index (χ1) is 22.7. The average Bonchev–Trinajstić information content (AvgIpc) is 3.14. The van der Waals surface area contributed by atoms with Crippen LogP contribution in [0.2, 0.25) is 0 Å². The van der Waals surface area contributed by atoms with Gasteiger partial charge in [-0.2, -0.15) is 0 Å². The third-order valence-electron chi connectivity index (χ3n) is 9.40. The summed E-state index contributed by atoms with van der Waals surface area (Å²) in [5.74, 6) is 0. The predicted molar refractivity (Wildman–Crippen MR) is 198 cm³/mol. The second-order valence-corrected chi connectivity index (χ2v) is 12.2. The van der Waals surface area contributed by atoms with Crippen molar-refractivity contribution in [2.24, 2.45) is 0 Å². The van der Waals surface area contributed by atoms with E-state index in [0.717, 1.165) is 0 Å². The number of benzene rings is 9. The van der Waals surface area contributed by atoms with Gasteiger partial charge < -0.3 is 0 Å². The van der Waals surface area contributed by atoms with Crippen LogP contribution in [-0.4, -0.2) is 0 Å². The monoisotopic (exact) mass is 582 g/mol. The van der Waals surface area contributed by atoms with Crippen LogP contribution in [0.25, 0.3) is 87.6 Å². The molecule has 0 aliphatic carbocycles. The van der Waals surface area contributed by atoms with Gasteiger partial charge in [0.05, 0.1) is 0 Å². The Morgan fingerprint density at radius 2 is 0.522 bits per heavy atom. The molecule has 0 fully saturated rings. The quantitative estimate of drug-likeness (QED) is 0.181. The summed E-state index contributed by atoms with van der Waals surface area (Å²) < 4.78 is 0. The molecule has 9 aromatic rings. The Kier molecular flexibility index (Phi) is 6.25. The first-order valence-electron chi connectivity index (χ1n) is 15.9. The molecule has 214 valence electrons. The predicted octanol–water partition coefficient (Wildman–Crippen LogP) is 13.0. The summed E-state index contributed by atoms with van der Waals surface area (Å²) in [4.78, 5) is 0. The van der Waals surface area contributed by atoms with Crippen LogP contribution in [0, 0.1) is 0 Å². The maximum Gasteiger partial charge on any atom is -0.0105 e. The molecule has 0 unspecified atom stereocenters. The van der Waals surface area contributed by atoms with Crippen LogP contribution in [0.3, 0.4) is 0 Å². The topological polar surface area (TPSA) is 0 Å². The number of hydrogen-bond acceptors (Lipinski definition) is 0. The standard InChI is InChI=1S/C46H30/c1-2-7-31(8-3-1)36-15-16-39-28-40(18-17-38(39)27-36)42-22-24-46-44(30-42)20-19-43-29-41(21-23-45(43)46)35-12-6-11-34(26-35)37-14-13-32-9-4-5-10-33(32)25-37/h1-30H. The molecule has 0 radical (unpaired) electrons. The van der Waals surface area contributed by atoms with E-state index in [4.69, 9.17) is 0 Å². The molecule has 0 heterocycles. The second kappa shape index (κ2) is 10.9. The van der Waals surface area contributed by atoms with E-state index in [1.807, 2.05) is 0 Å². The molecular formula is C46H30. The lowest BCUT2D eigenvalue weighted by atomic mass is 9.93. The lowest BCUT2D eigenvalue weighted by Gasteiger charge is -2.11. The van der Waals surface area contributed by atoms with Gasteiger partial charge in [0.15, 0.2) is 0 Å². The Bertz CT molecular complexity index is 2570. The molecule has 9 aromatic carbocycles. The fraction of sp³-hybridized carbons (Fsp3) is 0. The summed E-state index contributed by atoms with van der Waals surface area (Å²) in [6.07, 6.45) is 0. The van der Waals surface area contributed by atoms with Crippen LogP contribution >= 0.6 is 0 Å². The van der Waals surface area contributed by atoms with Crippen molar-refractivity contribution in [3.8, 4) is 44.5 Å². The van der Waals surface area contributed by atoms with E-state index < -0.39 is 0 Å². The van der Waals surface area contributed by atoms with Crippen LogP contribution in [0.1, 0.15) is 0 Å². The molecule has 0 aliphatic rings. The van der Waals surface area contributed by atoms with E-state index in [1.54, 1.807) is 0 Å². The van der Waals surface area contributed by atoms with Crippen LogP contribution < -0.4 is 0 Å². The summed E-state index contributed by atoms with van der Waals surface area (Å²) >= 11 is 0. The van der Waals surface area contributed by atoms with E-state index in [2.05, 4.69) is 182 Å². The molecule has 0 saturated carbocycles. The van der Waals surface area contributed by atoms with Crippen molar-refractivity contribution < 1.29 is 0 Å². The fourth-order valence-corrected chi connectivity index (χ4v) is 6.91. The van der Waals surface area contributed by atoms with Crippen LogP contribution in [0.4, 0.5) is 0 Å². The summed E-state index contributed by atoms with van der Waals surface area (Å²) in [7, 11) is 0. The maximum absolute atomic E-state index is 2.33. The molecule has 0 spiro atoms. The maximum atomic E-state index is 2.33. The summed E-state index contributed by atoms with van der Waals surface area (Å²) in [6.45, 7) is 0. The van der Waals surface area contributed by atoms with E-state index in [0.29, 0.717) is 0 Å². The zero-order valence-electron chi connectivity index (χ0n) is 25.3. The first kappa shape index (κ1) is 26.4. The van der Waals surface area contributed by atoms with E-state index >= 15 is 0 Å². The third-order valence-corrected chi connectivity index (χ3v) is 9.40. The number of fused-ring (bicyclic) bond motifs is 5. The Labute approximate surface area is 268 Å². The molecule has 0 heteroatoms. The van der Waals surface area contributed by atoms with Crippen molar-refractivity contribution in [1.29, 1.82) is 0 Å².